The number of likely N-dealkylation sites (N-methyl/N-ethyl adjacent to an activating group) is 1. The summed E-state index contributed by atoms with van der Waals surface area (Å²) in [7, 11) is 2.13. The van der Waals surface area contributed by atoms with E-state index in [-0.39, 0.29) is 6.04 Å². The van der Waals surface area contributed by atoms with E-state index >= 15 is 0 Å². The van der Waals surface area contributed by atoms with Gasteiger partial charge in [-0.05, 0) is 56.1 Å². The standard InChI is InChI=1S/C18H25N3/c1-14-4-5-15(2)17(12-14)18(19)13-21(3)11-8-16-6-9-20-10-7-16/h4-7,9-10,12,18H,8,11,13,19H2,1-3H3. The van der Waals surface area contributed by atoms with Crippen LogP contribution in [-0.4, -0.2) is 30.0 Å². The summed E-state index contributed by atoms with van der Waals surface area (Å²) < 4.78 is 0. The van der Waals surface area contributed by atoms with Gasteiger partial charge in [-0.2, -0.15) is 0 Å². The smallest absolute Gasteiger partial charge is 0.0426 e. The van der Waals surface area contributed by atoms with Crippen LogP contribution in [0.4, 0.5) is 0 Å². The second-order valence-corrected chi connectivity index (χ2v) is 5.83. The minimum Gasteiger partial charge on any atom is -0.323 e. The SMILES string of the molecule is Cc1ccc(C)c(C(N)CN(C)CCc2ccncc2)c1. The van der Waals surface area contributed by atoms with Crippen molar-refractivity contribution < 1.29 is 0 Å². The van der Waals surface area contributed by atoms with E-state index in [2.05, 4.69) is 61.1 Å². The first-order valence-electron chi connectivity index (χ1n) is 7.46. The summed E-state index contributed by atoms with van der Waals surface area (Å²) in [4.78, 5) is 6.34. The minimum atomic E-state index is 0.0624. The van der Waals surface area contributed by atoms with Crippen LogP contribution in [0.3, 0.4) is 0 Å². The van der Waals surface area contributed by atoms with Crippen molar-refractivity contribution in [2.45, 2.75) is 26.3 Å². The highest BCUT2D eigenvalue weighted by Crippen LogP contribution is 2.18. The summed E-state index contributed by atoms with van der Waals surface area (Å²) in [5.41, 5.74) is 11.5. The highest BCUT2D eigenvalue weighted by Gasteiger charge is 2.12. The van der Waals surface area contributed by atoms with E-state index in [0.717, 1.165) is 19.5 Å². The Balaban J connectivity index is 1.90. The summed E-state index contributed by atoms with van der Waals surface area (Å²) in [6.45, 7) is 6.12. The average Bonchev–Trinajstić information content (AvgIpc) is 2.48. The highest BCUT2D eigenvalue weighted by molar-refractivity contribution is 5.33. The number of nitrogens with zero attached hydrogens (tertiary/aromatic N) is 2. The van der Waals surface area contributed by atoms with Gasteiger partial charge in [0.05, 0.1) is 0 Å². The van der Waals surface area contributed by atoms with Gasteiger partial charge in [-0.25, -0.2) is 0 Å². The minimum absolute atomic E-state index is 0.0624. The number of pyridine rings is 1. The normalized spacial score (nSPS) is 12.6. The highest BCUT2D eigenvalue weighted by atomic mass is 15.1. The van der Waals surface area contributed by atoms with Crippen molar-refractivity contribution in [2.75, 3.05) is 20.1 Å². The van der Waals surface area contributed by atoms with Gasteiger partial charge in [0.1, 0.15) is 0 Å². The Kier molecular flexibility index (Phi) is 5.48. The predicted octanol–water partition coefficient (Wildman–Crippen LogP) is 2.87. The van der Waals surface area contributed by atoms with E-state index in [0.29, 0.717) is 0 Å². The third-order valence-electron chi connectivity index (χ3n) is 3.87. The van der Waals surface area contributed by atoms with E-state index < -0.39 is 0 Å². The molecule has 1 aromatic carbocycles. The van der Waals surface area contributed by atoms with Gasteiger partial charge in [0, 0.05) is 31.5 Å². The van der Waals surface area contributed by atoms with Crippen LogP contribution in [0.5, 0.6) is 0 Å². The number of hydrogen-bond donors (Lipinski definition) is 1. The molecule has 2 N–H and O–H groups in total. The van der Waals surface area contributed by atoms with Crippen molar-refractivity contribution in [3.8, 4) is 0 Å². The number of nitrogens with two attached hydrogens (primary N) is 1. The Hall–Kier alpha value is -1.71. The molecule has 0 amide bonds. The molecule has 1 atom stereocenters. The molecule has 0 aliphatic rings. The summed E-state index contributed by atoms with van der Waals surface area (Å²) in [6.07, 6.45) is 4.72. The quantitative estimate of drug-likeness (QED) is 0.886. The lowest BCUT2D eigenvalue weighted by atomic mass is 9.99. The maximum Gasteiger partial charge on any atom is 0.0426 e. The lowest BCUT2D eigenvalue weighted by molar-refractivity contribution is 0.316. The predicted molar refractivity (Wildman–Crippen MR) is 88.3 cm³/mol. The summed E-state index contributed by atoms with van der Waals surface area (Å²) >= 11 is 0. The molecule has 0 saturated heterocycles. The van der Waals surface area contributed by atoms with E-state index in [4.69, 9.17) is 5.73 Å². The molecule has 0 aliphatic heterocycles. The van der Waals surface area contributed by atoms with Gasteiger partial charge >= 0.3 is 0 Å². The molecule has 0 bridgehead atoms. The second-order valence-electron chi connectivity index (χ2n) is 5.83. The molecule has 2 rings (SSSR count). The van der Waals surface area contributed by atoms with Gasteiger partial charge < -0.3 is 10.6 Å². The van der Waals surface area contributed by atoms with Crippen LogP contribution < -0.4 is 5.73 Å². The van der Waals surface area contributed by atoms with Gasteiger partial charge in [0.2, 0.25) is 0 Å². The molecule has 0 radical (unpaired) electrons. The fourth-order valence-electron chi connectivity index (χ4n) is 2.55. The third-order valence-corrected chi connectivity index (χ3v) is 3.87. The van der Waals surface area contributed by atoms with E-state index in [1.165, 1.54) is 22.3 Å². The average molecular weight is 283 g/mol. The van der Waals surface area contributed by atoms with Crippen LogP contribution in [0.15, 0.2) is 42.7 Å². The molecule has 21 heavy (non-hydrogen) atoms. The molecule has 1 heterocycles. The van der Waals surface area contributed by atoms with Crippen molar-refractivity contribution in [1.82, 2.24) is 9.88 Å². The zero-order valence-electron chi connectivity index (χ0n) is 13.2. The molecule has 3 nitrogen and oxygen atoms in total. The van der Waals surface area contributed by atoms with Crippen LogP contribution in [0.2, 0.25) is 0 Å². The van der Waals surface area contributed by atoms with Crippen molar-refractivity contribution >= 4 is 0 Å². The van der Waals surface area contributed by atoms with Crippen molar-refractivity contribution in [3.05, 3.63) is 65.0 Å². The van der Waals surface area contributed by atoms with Crippen LogP contribution in [0, 0.1) is 13.8 Å². The van der Waals surface area contributed by atoms with Gasteiger partial charge in [-0.15, -0.1) is 0 Å². The Labute approximate surface area is 127 Å². The van der Waals surface area contributed by atoms with E-state index in [1.54, 1.807) is 0 Å². The zero-order valence-corrected chi connectivity index (χ0v) is 13.2. The fraction of sp³-hybridized carbons (Fsp3) is 0.389. The molecule has 112 valence electrons. The van der Waals surface area contributed by atoms with Gasteiger partial charge in [-0.3, -0.25) is 4.98 Å². The van der Waals surface area contributed by atoms with Crippen molar-refractivity contribution in [2.24, 2.45) is 5.73 Å². The maximum atomic E-state index is 6.38. The van der Waals surface area contributed by atoms with Crippen molar-refractivity contribution in [3.63, 3.8) is 0 Å². The number of aromatic nitrogens is 1. The maximum absolute atomic E-state index is 6.38. The van der Waals surface area contributed by atoms with Gasteiger partial charge in [0.25, 0.3) is 0 Å². The molecule has 2 aromatic rings. The molecule has 1 aromatic heterocycles. The number of hydrogen-bond acceptors (Lipinski definition) is 3. The van der Waals surface area contributed by atoms with Crippen LogP contribution in [-0.2, 0) is 6.42 Å². The third kappa shape index (κ3) is 4.66. The first-order chi connectivity index (χ1) is 10.1. The molecular formula is C18H25N3. The lowest BCUT2D eigenvalue weighted by Gasteiger charge is -2.23. The second kappa shape index (κ2) is 7.34. The first-order valence-corrected chi connectivity index (χ1v) is 7.46. The summed E-state index contributed by atoms with van der Waals surface area (Å²) in [5.74, 6) is 0. The number of aryl methyl sites for hydroxylation is 2. The van der Waals surface area contributed by atoms with Crippen LogP contribution in [0.1, 0.15) is 28.3 Å². The molecule has 0 saturated carbocycles. The Bertz CT molecular complexity index is 566. The summed E-state index contributed by atoms with van der Waals surface area (Å²) in [6, 6.07) is 10.7. The van der Waals surface area contributed by atoms with Crippen molar-refractivity contribution in [1.29, 1.82) is 0 Å². The Morgan fingerprint density at radius 3 is 2.57 bits per heavy atom. The Morgan fingerprint density at radius 2 is 1.86 bits per heavy atom. The summed E-state index contributed by atoms with van der Waals surface area (Å²) in [5, 5.41) is 0. The Morgan fingerprint density at radius 1 is 1.14 bits per heavy atom. The fourth-order valence-corrected chi connectivity index (χ4v) is 2.55. The number of benzene rings is 1. The van der Waals surface area contributed by atoms with Gasteiger partial charge in [0.15, 0.2) is 0 Å². The monoisotopic (exact) mass is 283 g/mol. The molecule has 0 spiro atoms. The molecule has 3 heteroatoms. The van der Waals surface area contributed by atoms with Gasteiger partial charge in [-0.1, -0.05) is 23.8 Å². The van der Waals surface area contributed by atoms with E-state index in [1.807, 2.05) is 12.4 Å². The zero-order chi connectivity index (χ0) is 15.2. The number of rotatable bonds is 6. The molecule has 1 unspecified atom stereocenters. The molecule has 0 fully saturated rings. The largest absolute Gasteiger partial charge is 0.323 e. The topological polar surface area (TPSA) is 42.1 Å². The lowest BCUT2D eigenvalue weighted by Crippen LogP contribution is -2.31. The first kappa shape index (κ1) is 15.7. The van der Waals surface area contributed by atoms with Crippen LogP contribution in [0.25, 0.3) is 0 Å². The van der Waals surface area contributed by atoms with Crippen LogP contribution >= 0.6 is 0 Å². The molecular weight excluding hydrogens is 258 g/mol. The molecule has 0 aliphatic carbocycles. The van der Waals surface area contributed by atoms with E-state index in [9.17, 15) is 0 Å².